The third-order valence-electron chi connectivity index (χ3n) is 3.45. The van der Waals surface area contributed by atoms with E-state index in [1.165, 1.54) is 5.56 Å². The van der Waals surface area contributed by atoms with Gasteiger partial charge >= 0.3 is 0 Å². The summed E-state index contributed by atoms with van der Waals surface area (Å²) in [7, 11) is 0. The summed E-state index contributed by atoms with van der Waals surface area (Å²) >= 11 is 6.07. The molecule has 1 N–H and O–H groups in total. The Labute approximate surface area is 120 Å². The molecule has 1 aromatic rings. The highest BCUT2D eigenvalue weighted by Gasteiger charge is 2.10. The molecule has 1 heterocycles. The van der Waals surface area contributed by atoms with Crippen LogP contribution in [-0.2, 0) is 6.42 Å². The molecule has 106 valence electrons. The van der Waals surface area contributed by atoms with Gasteiger partial charge in [-0.3, -0.25) is 0 Å². The standard InChI is InChI=1S/C15H23ClN2O/c1-2-19-15-6-5-14(16)12-13(15)4-3-9-18-10-7-17-8-11-18/h5-6,12,17H,2-4,7-11H2,1H3. The van der Waals surface area contributed by atoms with Crippen LogP contribution in [0.5, 0.6) is 5.75 Å². The Kier molecular flexibility index (Phi) is 5.95. The number of nitrogens with one attached hydrogen (secondary N) is 1. The molecule has 0 atom stereocenters. The zero-order valence-electron chi connectivity index (χ0n) is 11.6. The highest BCUT2D eigenvalue weighted by atomic mass is 35.5. The molecule has 0 spiro atoms. The zero-order valence-corrected chi connectivity index (χ0v) is 12.4. The van der Waals surface area contributed by atoms with E-state index < -0.39 is 0 Å². The van der Waals surface area contributed by atoms with Crippen molar-refractivity contribution in [2.45, 2.75) is 19.8 Å². The van der Waals surface area contributed by atoms with Gasteiger partial charge in [-0.1, -0.05) is 11.6 Å². The van der Waals surface area contributed by atoms with Crippen molar-refractivity contribution < 1.29 is 4.74 Å². The third-order valence-corrected chi connectivity index (χ3v) is 3.69. The van der Waals surface area contributed by atoms with E-state index in [1.54, 1.807) is 0 Å². The summed E-state index contributed by atoms with van der Waals surface area (Å²) in [5.41, 5.74) is 1.23. The van der Waals surface area contributed by atoms with Crippen molar-refractivity contribution in [2.75, 3.05) is 39.3 Å². The molecule has 1 aromatic carbocycles. The quantitative estimate of drug-likeness (QED) is 0.868. The zero-order chi connectivity index (χ0) is 13.5. The predicted octanol–water partition coefficient (Wildman–Crippen LogP) is 2.58. The summed E-state index contributed by atoms with van der Waals surface area (Å²) in [6, 6.07) is 5.91. The van der Waals surface area contributed by atoms with Crippen LogP contribution in [0.3, 0.4) is 0 Å². The lowest BCUT2D eigenvalue weighted by Gasteiger charge is -2.27. The molecule has 2 rings (SSSR count). The third kappa shape index (κ3) is 4.68. The van der Waals surface area contributed by atoms with Gasteiger partial charge in [0, 0.05) is 31.2 Å². The molecule has 0 saturated carbocycles. The first kappa shape index (κ1) is 14.6. The van der Waals surface area contributed by atoms with E-state index in [0.29, 0.717) is 6.61 Å². The second-order valence-corrected chi connectivity index (χ2v) is 5.32. The molecule has 4 heteroatoms. The molecule has 1 aliphatic heterocycles. The van der Waals surface area contributed by atoms with Crippen LogP contribution in [0.15, 0.2) is 18.2 Å². The minimum Gasteiger partial charge on any atom is -0.494 e. The maximum Gasteiger partial charge on any atom is 0.122 e. The van der Waals surface area contributed by atoms with E-state index in [9.17, 15) is 0 Å². The number of nitrogens with zero attached hydrogens (tertiary/aromatic N) is 1. The second kappa shape index (κ2) is 7.73. The Morgan fingerprint density at radius 1 is 1.32 bits per heavy atom. The molecule has 1 fully saturated rings. The van der Waals surface area contributed by atoms with Gasteiger partial charge in [-0.25, -0.2) is 0 Å². The summed E-state index contributed by atoms with van der Waals surface area (Å²) in [5.74, 6) is 0.979. The normalized spacial score (nSPS) is 16.5. The number of hydrogen-bond acceptors (Lipinski definition) is 3. The number of hydrogen-bond donors (Lipinski definition) is 1. The average molecular weight is 283 g/mol. The van der Waals surface area contributed by atoms with Crippen LogP contribution in [0.25, 0.3) is 0 Å². The second-order valence-electron chi connectivity index (χ2n) is 4.88. The fourth-order valence-corrected chi connectivity index (χ4v) is 2.66. The van der Waals surface area contributed by atoms with E-state index >= 15 is 0 Å². The maximum absolute atomic E-state index is 6.07. The highest BCUT2D eigenvalue weighted by Crippen LogP contribution is 2.24. The summed E-state index contributed by atoms with van der Waals surface area (Å²) in [6.07, 6.45) is 2.18. The van der Waals surface area contributed by atoms with Crippen molar-refractivity contribution in [2.24, 2.45) is 0 Å². The Bertz CT molecular complexity index is 392. The summed E-state index contributed by atoms with van der Waals surface area (Å²) in [6.45, 7) is 8.41. The number of piperazine rings is 1. The van der Waals surface area contributed by atoms with Crippen LogP contribution in [-0.4, -0.2) is 44.2 Å². The van der Waals surface area contributed by atoms with E-state index in [-0.39, 0.29) is 0 Å². The number of ether oxygens (including phenoxy) is 1. The Morgan fingerprint density at radius 3 is 2.84 bits per heavy atom. The average Bonchev–Trinajstić information content (AvgIpc) is 2.43. The molecule has 0 aliphatic carbocycles. The van der Waals surface area contributed by atoms with E-state index in [2.05, 4.69) is 10.2 Å². The molecule has 19 heavy (non-hydrogen) atoms. The van der Waals surface area contributed by atoms with Crippen molar-refractivity contribution >= 4 is 11.6 Å². The lowest BCUT2D eigenvalue weighted by atomic mass is 10.1. The van der Waals surface area contributed by atoms with Gasteiger partial charge in [-0.05, 0) is 50.1 Å². The molecule has 0 amide bonds. The molecule has 0 radical (unpaired) electrons. The van der Waals surface area contributed by atoms with Crippen LogP contribution < -0.4 is 10.1 Å². The Morgan fingerprint density at radius 2 is 2.11 bits per heavy atom. The molecule has 3 nitrogen and oxygen atoms in total. The predicted molar refractivity (Wildman–Crippen MR) is 80.3 cm³/mol. The topological polar surface area (TPSA) is 24.5 Å². The summed E-state index contributed by atoms with van der Waals surface area (Å²) < 4.78 is 5.65. The van der Waals surface area contributed by atoms with Gasteiger partial charge in [-0.15, -0.1) is 0 Å². The molecular weight excluding hydrogens is 260 g/mol. The van der Waals surface area contributed by atoms with Gasteiger partial charge in [0.15, 0.2) is 0 Å². The number of benzene rings is 1. The SMILES string of the molecule is CCOc1ccc(Cl)cc1CCCN1CCNCC1. The molecular formula is C15H23ClN2O. The lowest BCUT2D eigenvalue weighted by Crippen LogP contribution is -2.43. The number of rotatable bonds is 6. The van der Waals surface area contributed by atoms with Crippen LogP contribution in [0.2, 0.25) is 5.02 Å². The van der Waals surface area contributed by atoms with Gasteiger partial charge in [-0.2, -0.15) is 0 Å². The van der Waals surface area contributed by atoms with Crippen LogP contribution in [0, 0.1) is 0 Å². The van der Waals surface area contributed by atoms with Gasteiger partial charge < -0.3 is 15.0 Å². The van der Waals surface area contributed by atoms with Crippen molar-refractivity contribution in [3.05, 3.63) is 28.8 Å². The van der Waals surface area contributed by atoms with Crippen molar-refractivity contribution in [3.63, 3.8) is 0 Å². The summed E-state index contributed by atoms with van der Waals surface area (Å²) in [4.78, 5) is 2.52. The minimum absolute atomic E-state index is 0.701. The summed E-state index contributed by atoms with van der Waals surface area (Å²) in [5, 5.41) is 4.17. The largest absolute Gasteiger partial charge is 0.494 e. The highest BCUT2D eigenvalue weighted by molar-refractivity contribution is 6.30. The molecule has 1 saturated heterocycles. The first-order chi connectivity index (χ1) is 9.29. The van der Waals surface area contributed by atoms with Gasteiger partial charge in [0.05, 0.1) is 6.61 Å². The monoisotopic (exact) mass is 282 g/mol. The van der Waals surface area contributed by atoms with E-state index in [1.807, 2.05) is 25.1 Å². The maximum atomic E-state index is 6.07. The van der Waals surface area contributed by atoms with Crippen molar-refractivity contribution in [1.82, 2.24) is 10.2 Å². The van der Waals surface area contributed by atoms with Crippen LogP contribution in [0.4, 0.5) is 0 Å². The smallest absolute Gasteiger partial charge is 0.122 e. The van der Waals surface area contributed by atoms with Gasteiger partial charge in [0.1, 0.15) is 5.75 Å². The number of halogens is 1. The molecule has 1 aliphatic rings. The lowest BCUT2D eigenvalue weighted by molar-refractivity contribution is 0.238. The Hall–Kier alpha value is -0.770. The molecule has 0 unspecified atom stereocenters. The first-order valence-corrected chi connectivity index (χ1v) is 7.51. The fraction of sp³-hybridized carbons (Fsp3) is 0.600. The van der Waals surface area contributed by atoms with Gasteiger partial charge in [0.25, 0.3) is 0 Å². The fourth-order valence-electron chi connectivity index (χ4n) is 2.47. The van der Waals surface area contributed by atoms with E-state index in [0.717, 1.165) is 56.3 Å². The number of aryl methyl sites for hydroxylation is 1. The van der Waals surface area contributed by atoms with Crippen molar-refractivity contribution in [3.8, 4) is 5.75 Å². The molecule has 0 aromatic heterocycles. The van der Waals surface area contributed by atoms with Gasteiger partial charge in [0.2, 0.25) is 0 Å². The van der Waals surface area contributed by atoms with Crippen LogP contribution >= 0.6 is 11.6 Å². The first-order valence-electron chi connectivity index (χ1n) is 7.14. The van der Waals surface area contributed by atoms with Crippen molar-refractivity contribution in [1.29, 1.82) is 0 Å². The van der Waals surface area contributed by atoms with E-state index in [4.69, 9.17) is 16.3 Å². The van der Waals surface area contributed by atoms with Crippen LogP contribution in [0.1, 0.15) is 18.9 Å². The minimum atomic E-state index is 0.701. The Balaban J connectivity index is 1.85. The molecule has 0 bridgehead atoms.